The molecule has 0 spiro atoms. The van der Waals surface area contributed by atoms with E-state index in [1.165, 1.54) is 5.56 Å². The molecule has 0 saturated heterocycles. The molecule has 0 heterocycles. The van der Waals surface area contributed by atoms with Gasteiger partial charge in [-0.25, -0.2) is 0 Å². The first-order valence-electron chi connectivity index (χ1n) is 7.64. The third-order valence-electron chi connectivity index (χ3n) is 4.11. The summed E-state index contributed by atoms with van der Waals surface area (Å²) >= 11 is 0. The average molecular weight is 293 g/mol. The number of hydrogen-bond acceptors (Lipinski definition) is 2. The van der Waals surface area contributed by atoms with Crippen LogP contribution in [0.15, 0.2) is 42.5 Å². The SMILES string of the molecule is Cc1cc(C)c(OCCC(C)(C#N)c2ccccc2)c(C)c1. The number of nitrogens with zero attached hydrogens (tertiary/aromatic N) is 1. The molecule has 2 nitrogen and oxygen atoms in total. The zero-order valence-electron chi connectivity index (χ0n) is 13.8. The molecule has 0 aromatic heterocycles. The lowest BCUT2D eigenvalue weighted by Crippen LogP contribution is -2.22. The van der Waals surface area contributed by atoms with Crippen molar-refractivity contribution in [3.05, 3.63) is 64.7 Å². The van der Waals surface area contributed by atoms with Gasteiger partial charge in [-0.15, -0.1) is 0 Å². The molecular weight excluding hydrogens is 270 g/mol. The highest BCUT2D eigenvalue weighted by molar-refractivity contribution is 5.43. The molecule has 0 amide bonds. The maximum Gasteiger partial charge on any atom is 0.125 e. The number of ether oxygens (including phenoxy) is 1. The molecule has 1 unspecified atom stereocenters. The molecule has 22 heavy (non-hydrogen) atoms. The summed E-state index contributed by atoms with van der Waals surface area (Å²) in [6.07, 6.45) is 0.667. The van der Waals surface area contributed by atoms with Crippen LogP contribution in [0.1, 0.15) is 35.6 Å². The number of rotatable bonds is 5. The Morgan fingerprint density at radius 3 is 2.18 bits per heavy atom. The summed E-state index contributed by atoms with van der Waals surface area (Å²) in [6.45, 7) is 8.72. The van der Waals surface area contributed by atoms with E-state index in [9.17, 15) is 5.26 Å². The monoisotopic (exact) mass is 293 g/mol. The molecule has 2 rings (SSSR count). The van der Waals surface area contributed by atoms with Gasteiger partial charge in [0.2, 0.25) is 0 Å². The Balaban J connectivity index is 2.09. The highest BCUT2D eigenvalue weighted by atomic mass is 16.5. The van der Waals surface area contributed by atoms with Gasteiger partial charge in [-0.3, -0.25) is 0 Å². The minimum absolute atomic E-state index is 0.520. The van der Waals surface area contributed by atoms with Gasteiger partial charge >= 0.3 is 0 Å². The fourth-order valence-electron chi connectivity index (χ4n) is 2.82. The van der Waals surface area contributed by atoms with Crippen LogP contribution in [0.3, 0.4) is 0 Å². The van der Waals surface area contributed by atoms with Crippen LogP contribution in [-0.4, -0.2) is 6.61 Å². The van der Waals surface area contributed by atoms with Crippen molar-refractivity contribution in [1.82, 2.24) is 0 Å². The van der Waals surface area contributed by atoms with Gasteiger partial charge < -0.3 is 4.74 Å². The summed E-state index contributed by atoms with van der Waals surface area (Å²) in [5, 5.41) is 9.58. The summed E-state index contributed by atoms with van der Waals surface area (Å²) < 4.78 is 5.99. The molecule has 0 fully saturated rings. The molecule has 0 aliphatic heterocycles. The first-order chi connectivity index (χ1) is 10.5. The molecule has 0 N–H and O–H groups in total. The van der Waals surface area contributed by atoms with E-state index >= 15 is 0 Å². The fraction of sp³-hybridized carbons (Fsp3) is 0.350. The van der Waals surface area contributed by atoms with Gasteiger partial charge in [0.25, 0.3) is 0 Å². The predicted molar refractivity (Wildman–Crippen MR) is 90.2 cm³/mol. The summed E-state index contributed by atoms with van der Waals surface area (Å²) in [7, 11) is 0. The molecule has 2 aromatic rings. The van der Waals surface area contributed by atoms with Crippen LogP contribution in [0, 0.1) is 32.1 Å². The predicted octanol–water partition coefficient (Wildman–Crippen LogP) is 4.86. The molecular formula is C20H23NO. The third-order valence-corrected chi connectivity index (χ3v) is 4.11. The second-order valence-corrected chi connectivity index (χ2v) is 6.14. The lowest BCUT2D eigenvalue weighted by atomic mass is 9.81. The summed E-state index contributed by atoms with van der Waals surface area (Å²) in [4.78, 5) is 0. The highest BCUT2D eigenvalue weighted by Crippen LogP contribution is 2.29. The Bertz CT molecular complexity index is 662. The van der Waals surface area contributed by atoms with Crippen LogP contribution in [-0.2, 0) is 5.41 Å². The van der Waals surface area contributed by atoms with Gasteiger partial charge in [0.15, 0.2) is 0 Å². The van der Waals surface area contributed by atoms with Crippen molar-refractivity contribution >= 4 is 0 Å². The lowest BCUT2D eigenvalue weighted by Gasteiger charge is -2.23. The Morgan fingerprint density at radius 1 is 1.05 bits per heavy atom. The van der Waals surface area contributed by atoms with Crippen molar-refractivity contribution in [3.8, 4) is 11.8 Å². The average Bonchev–Trinajstić information content (AvgIpc) is 2.50. The smallest absolute Gasteiger partial charge is 0.125 e. The topological polar surface area (TPSA) is 33.0 Å². The van der Waals surface area contributed by atoms with E-state index in [1.54, 1.807) is 0 Å². The van der Waals surface area contributed by atoms with Gasteiger partial charge in [0, 0.05) is 6.42 Å². The minimum Gasteiger partial charge on any atom is -0.493 e. The number of nitriles is 1. The maximum atomic E-state index is 9.58. The zero-order valence-corrected chi connectivity index (χ0v) is 13.8. The Morgan fingerprint density at radius 2 is 1.64 bits per heavy atom. The number of benzene rings is 2. The molecule has 2 aromatic carbocycles. The molecule has 114 valence electrons. The van der Waals surface area contributed by atoms with E-state index in [0.29, 0.717) is 13.0 Å². The van der Waals surface area contributed by atoms with E-state index in [2.05, 4.69) is 39.0 Å². The fourth-order valence-corrected chi connectivity index (χ4v) is 2.82. The van der Waals surface area contributed by atoms with Crippen LogP contribution in [0.2, 0.25) is 0 Å². The normalized spacial score (nSPS) is 13.2. The van der Waals surface area contributed by atoms with Crippen molar-refractivity contribution < 1.29 is 4.74 Å². The Labute approximate surface area is 133 Å². The van der Waals surface area contributed by atoms with E-state index < -0.39 is 5.41 Å². The molecule has 2 heteroatoms. The standard InChI is InChI=1S/C20H23NO/c1-15-12-16(2)19(17(3)13-15)22-11-10-20(4,14-21)18-8-6-5-7-9-18/h5-9,12-13H,10-11H2,1-4H3. The number of hydrogen-bond donors (Lipinski definition) is 0. The quantitative estimate of drug-likeness (QED) is 0.788. The van der Waals surface area contributed by atoms with Crippen molar-refractivity contribution in [2.45, 2.75) is 39.5 Å². The van der Waals surface area contributed by atoms with Gasteiger partial charge in [-0.05, 0) is 44.4 Å². The van der Waals surface area contributed by atoms with Crippen LogP contribution >= 0.6 is 0 Å². The van der Waals surface area contributed by atoms with Crippen LogP contribution < -0.4 is 4.74 Å². The first kappa shape index (κ1) is 16.1. The van der Waals surface area contributed by atoms with Crippen LogP contribution in [0.4, 0.5) is 0 Å². The van der Waals surface area contributed by atoms with E-state index in [1.807, 2.05) is 37.3 Å². The minimum atomic E-state index is -0.520. The molecule has 0 aliphatic carbocycles. The lowest BCUT2D eigenvalue weighted by molar-refractivity contribution is 0.282. The molecule has 0 aliphatic rings. The van der Waals surface area contributed by atoms with E-state index in [0.717, 1.165) is 22.4 Å². The second-order valence-electron chi connectivity index (χ2n) is 6.14. The van der Waals surface area contributed by atoms with Crippen molar-refractivity contribution in [1.29, 1.82) is 5.26 Å². The van der Waals surface area contributed by atoms with Gasteiger partial charge in [0.1, 0.15) is 5.75 Å². The largest absolute Gasteiger partial charge is 0.493 e. The molecule has 1 atom stereocenters. The van der Waals surface area contributed by atoms with Gasteiger partial charge in [-0.1, -0.05) is 48.0 Å². The van der Waals surface area contributed by atoms with Crippen molar-refractivity contribution in [3.63, 3.8) is 0 Å². The summed E-state index contributed by atoms with van der Waals surface area (Å²) in [5.41, 5.74) is 4.06. The maximum absolute atomic E-state index is 9.58. The zero-order chi connectivity index (χ0) is 16.2. The highest BCUT2D eigenvalue weighted by Gasteiger charge is 2.26. The summed E-state index contributed by atoms with van der Waals surface area (Å²) in [6, 6.07) is 16.6. The molecule has 0 radical (unpaired) electrons. The van der Waals surface area contributed by atoms with E-state index in [-0.39, 0.29) is 0 Å². The summed E-state index contributed by atoms with van der Waals surface area (Å²) in [5.74, 6) is 0.943. The molecule has 0 bridgehead atoms. The van der Waals surface area contributed by atoms with Gasteiger partial charge in [-0.2, -0.15) is 5.26 Å². The van der Waals surface area contributed by atoms with Crippen LogP contribution in [0.25, 0.3) is 0 Å². The second kappa shape index (κ2) is 6.66. The molecule has 0 saturated carbocycles. The van der Waals surface area contributed by atoms with Crippen LogP contribution in [0.5, 0.6) is 5.75 Å². The first-order valence-corrected chi connectivity index (χ1v) is 7.64. The third kappa shape index (κ3) is 3.49. The van der Waals surface area contributed by atoms with E-state index in [4.69, 9.17) is 4.74 Å². The van der Waals surface area contributed by atoms with Crippen molar-refractivity contribution in [2.75, 3.05) is 6.61 Å². The Hall–Kier alpha value is -2.27. The van der Waals surface area contributed by atoms with Gasteiger partial charge in [0.05, 0.1) is 18.1 Å². The number of aryl methyl sites for hydroxylation is 3. The van der Waals surface area contributed by atoms with Crippen molar-refractivity contribution in [2.24, 2.45) is 0 Å². The Kier molecular flexibility index (Phi) is 4.88.